The highest BCUT2D eigenvalue weighted by molar-refractivity contribution is 7.09. The van der Waals surface area contributed by atoms with Crippen LogP contribution < -0.4 is 5.32 Å². The van der Waals surface area contributed by atoms with Crippen LogP contribution in [0.5, 0.6) is 0 Å². The third kappa shape index (κ3) is 5.62. The highest BCUT2D eigenvalue weighted by atomic mass is 32.1. The largest absolute Gasteiger partial charge is 0.306 e. The molecule has 0 aromatic carbocycles. The third-order valence-electron chi connectivity index (χ3n) is 2.94. The van der Waals surface area contributed by atoms with Crippen molar-refractivity contribution < 1.29 is 0 Å². The molecule has 3 heteroatoms. The lowest BCUT2D eigenvalue weighted by atomic mass is 9.88. The first-order valence-electron chi connectivity index (χ1n) is 7.21. The summed E-state index contributed by atoms with van der Waals surface area (Å²) in [4.78, 5) is 4.88. The Balaban J connectivity index is 2.94. The van der Waals surface area contributed by atoms with Gasteiger partial charge in [0.2, 0.25) is 0 Å². The lowest BCUT2D eigenvalue weighted by molar-refractivity contribution is 0.299. The maximum atomic E-state index is 4.88. The standard InChI is InChI=1S/C16H30N2S/c1-11(2)17-12(9-15(3,4)5)14-18-13(10-19-14)16(6,7)8/h10-12,17H,9H2,1-8H3. The summed E-state index contributed by atoms with van der Waals surface area (Å²) in [5.41, 5.74) is 1.65. The van der Waals surface area contributed by atoms with E-state index in [2.05, 4.69) is 66.1 Å². The Bertz CT molecular complexity index is 394. The molecule has 1 rings (SSSR count). The average molecular weight is 282 g/mol. The molecule has 1 atom stereocenters. The van der Waals surface area contributed by atoms with Crippen molar-refractivity contribution in [2.75, 3.05) is 0 Å². The van der Waals surface area contributed by atoms with Crippen molar-refractivity contribution in [1.29, 1.82) is 0 Å². The Hall–Kier alpha value is -0.410. The van der Waals surface area contributed by atoms with Gasteiger partial charge in [0.25, 0.3) is 0 Å². The fourth-order valence-corrected chi connectivity index (χ4v) is 3.13. The SMILES string of the molecule is CC(C)NC(CC(C)(C)C)c1nc(C(C)(C)C)cs1. The van der Waals surface area contributed by atoms with E-state index in [9.17, 15) is 0 Å². The van der Waals surface area contributed by atoms with Gasteiger partial charge in [-0.1, -0.05) is 55.4 Å². The molecule has 0 amide bonds. The average Bonchev–Trinajstić information content (AvgIpc) is 2.60. The Morgan fingerprint density at radius 2 is 1.74 bits per heavy atom. The van der Waals surface area contributed by atoms with Gasteiger partial charge in [-0.2, -0.15) is 0 Å². The number of nitrogens with one attached hydrogen (secondary N) is 1. The molecule has 110 valence electrons. The maximum absolute atomic E-state index is 4.88. The van der Waals surface area contributed by atoms with Crippen LogP contribution in [0.4, 0.5) is 0 Å². The van der Waals surface area contributed by atoms with Gasteiger partial charge in [-0.05, 0) is 11.8 Å². The molecule has 19 heavy (non-hydrogen) atoms. The van der Waals surface area contributed by atoms with E-state index < -0.39 is 0 Å². The lowest BCUT2D eigenvalue weighted by Crippen LogP contribution is -2.31. The van der Waals surface area contributed by atoms with Crippen LogP contribution in [0.1, 0.15) is 78.6 Å². The molecule has 1 N–H and O–H groups in total. The molecule has 0 saturated carbocycles. The monoisotopic (exact) mass is 282 g/mol. The molecule has 0 radical (unpaired) electrons. The Kier molecular flexibility index (Phi) is 5.19. The lowest BCUT2D eigenvalue weighted by Gasteiger charge is -2.27. The second kappa shape index (κ2) is 5.92. The van der Waals surface area contributed by atoms with Crippen LogP contribution in [-0.2, 0) is 5.41 Å². The van der Waals surface area contributed by atoms with E-state index in [1.54, 1.807) is 11.3 Å². The summed E-state index contributed by atoms with van der Waals surface area (Å²) < 4.78 is 0. The molecule has 0 aliphatic heterocycles. The summed E-state index contributed by atoms with van der Waals surface area (Å²) in [6, 6.07) is 0.843. The molecule has 0 fully saturated rings. The van der Waals surface area contributed by atoms with Gasteiger partial charge in [0.15, 0.2) is 0 Å². The molecule has 0 spiro atoms. The number of thiazole rings is 1. The quantitative estimate of drug-likeness (QED) is 0.848. The topological polar surface area (TPSA) is 24.9 Å². The minimum atomic E-state index is 0.138. The number of rotatable bonds is 4. The van der Waals surface area contributed by atoms with Crippen LogP contribution >= 0.6 is 11.3 Å². The minimum absolute atomic E-state index is 0.138. The van der Waals surface area contributed by atoms with Gasteiger partial charge < -0.3 is 5.32 Å². The fraction of sp³-hybridized carbons (Fsp3) is 0.812. The van der Waals surface area contributed by atoms with Crippen molar-refractivity contribution in [2.45, 2.75) is 79.3 Å². The van der Waals surface area contributed by atoms with Gasteiger partial charge in [-0.3, -0.25) is 0 Å². The van der Waals surface area contributed by atoms with E-state index >= 15 is 0 Å². The van der Waals surface area contributed by atoms with Crippen molar-refractivity contribution in [3.63, 3.8) is 0 Å². The zero-order chi connectivity index (χ0) is 14.8. The second-order valence-corrected chi connectivity index (χ2v) is 8.85. The van der Waals surface area contributed by atoms with Crippen LogP contribution in [0.3, 0.4) is 0 Å². The van der Waals surface area contributed by atoms with Gasteiger partial charge in [-0.15, -0.1) is 11.3 Å². The van der Waals surface area contributed by atoms with Crippen molar-refractivity contribution in [1.82, 2.24) is 10.3 Å². The number of nitrogens with zero attached hydrogens (tertiary/aromatic N) is 1. The molecule has 1 aromatic rings. The van der Waals surface area contributed by atoms with Crippen LogP contribution in [0.15, 0.2) is 5.38 Å². The van der Waals surface area contributed by atoms with Crippen LogP contribution in [0, 0.1) is 5.41 Å². The van der Waals surface area contributed by atoms with Crippen LogP contribution in [-0.4, -0.2) is 11.0 Å². The predicted molar refractivity (Wildman–Crippen MR) is 85.9 cm³/mol. The van der Waals surface area contributed by atoms with E-state index in [-0.39, 0.29) is 5.41 Å². The second-order valence-electron chi connectivity index (χ2n) is 7.96. The van der Waals surface area contributed by atoms with Crippen LogP contribution in [0.2, 0.25) is 0 Å². The highest BCUT2D eigenvalue weighted by Gasteiger charge is 2.25. The first-order valence-corrected chi connectivity index (χ1v) is 8.09. The van der Waals surface area contributed by atoms with E-state index in [0.717, 1.165) is 6.42 Å². The van der Waals surface area contributed by atoms with Crippen LogP contribution in [0.25, 0.3) is 0 Å². The summed E-state index contributed by atoms with van der Waals surface area (Å²) in [5, 5.41) is 7.11. The molecule has 1 heterocycles. The Morgan fingerprint density at radius 3 is 2.11 bits per heavy atom. The van der Waals surface area contributed by atoms with E-state index in [0.29, 0.717) is 17.5 Å². The molecular weight excluding hydrogens is 252 g/mol. The molecule has 1 unspecified atom stereocenters. The molecule has 0 aliphatic carbocycles. The number of hydrogen-bond acceptors (Lipinski definition) is 3. The highest BCUT2D eigenvalue weighted by Crippen LogP contribution is 2.33. The first kappa shape index (κ1) is 16.6. The van der Waals surface area contributed by atoms with Crippen molar-refractivity contribution in [2.24, 2.45) is 5.41 Å². The number of aromatic nitrogens is 1. The van der Waals surface area contributed by atoms with Crippen molar-refractivity contribution >= 4 is 11.3 Å². The van der Waals surface area contributed by atoms with Gasteiger partial charge in [0.1, 0.15) is 5.01 Å². The zero-order valence-corrected chi connectivity index (χ0v) is 14.6. The molecule has 1 aromatic heterocycles. The molecule has 0 bridgehead atoms. The Morgan fingerprint density at radius 1 is 1.16 bits per heavy atom. The number of hydrogen-bond donors (Lipinski definition) is 1. The minimum Gasteiger partial charge on any atom is -0.306 e. The zero-order valence-electron chi connectivity index (χ0n) is 13.8. The molecular formula is C16H30N2S. The fourth-order valence-electron chi connectivity index (χ4n) is 2.02. The van der Waals surface area contributed by atoms with E-state index in [4.69, 9.17) is 4.98 Å². The predicted octanol–water partition coefficient (Wildman–Crippen LogP) is 4.92. The van der Waals surface area contributed by atoms with Gasteiger partial charge in [-0.25, -0.2) is 4.98 Å². The first-order chi connectivity index (χ1) is 8.49. The molecule has 2 nitrogen and oxygen atoms in total. The smallest absolute Gasteiger partial charge is 0.110 e. The molecule has 0 aliphatic rings. The molecule has 0 saturated heterocycles. The maximum Gasteiger partial charge on any atom is 0.110 e. The third-order valence-corrected chi connectivity index (χ3v) is 3.90. The van der Waals surface area contributed by atoms with Gasteiger partial charge in [0, 0.05) is 16.8 Å². The van der Waals surface area contributed by atoms with Crippen molar-refractivity contribution in [3.8, 4) is 0 Å². The summed E-state index contributed by atoms with van der Waals surface area (Å²) in [7, 11) is 0. The van der Waals surface area contributed by atoms with E-state index in [1.165, 1.54) is 10.7 Å². The normalized spacial score (nSPS) is 15.0. The summed E-state index contributed by atoms with van der Waals surface area (Å²) in [5.74, 6) is 0. The van der Waals surface area contributed by atoms with Gasteiger partial charge >= 0.3 is 0 Å². The van der Waals surface area contributed by atoms with Crippen molar-refractivity contribution in [3.05, 3.63) is 16.1 Å². The van der Waals surface area contributed by atoms with Gasteiger partial charge in [0.05, 0.1) is 11.7 Å². The summed E-state index contributed by atoms with van der Waals surface area (Å²) >= 11 is 1.79. The Labute approximate surface area is 123 Å². The summed E-state index contributed by atoms with van der Waals surface area (Å²) in [6.07, 6.45) is 1.11. The summed E-state index contributed by atoms with van der Waals surface area (Å²) in [6.45, 7) is 17.9. The van der Waals surface area contributed by atoms with E-state index in [1.807, 2.05) is 0 Å².